The molecule has 0 bridgehead atoms. The van der Waals surface area contributed by atoms with Crippen molar-refractivity contribution in [2.45, 2.75) is 13.0 Å². The van der Waals surface area contributed by atoms with E-state index in [2.05, 4.69) is 42.8 Å². The SMILES string of the molecule is CN1CCN(CCCn2cnc3ccc(/C=C4\SC(Nc5ccccc5Cl)=NC4=O)cc32)CC1. The second-order valence-electron chi connectivity index (χ2n) is 8.62. The molecule has 0 aliphatic carbocycles. The van der Waals surface area contributed by atoms with Crippen LogP contribution in [0, 0.1) is 0 Å². The van der Waals surface area contributed by atoms with Crippen LogP contribution < -0.4 is 5.32 Å². The lowest BCUT2D eigenvalue weighted by Crippen LogP contribution is -2.44. The Hall–Kier alpha value is -2.65. The summed E-state index contributed by atoms with van der Waals surface area (Å²) in [5, 5.41) is 4.25. The highest BCUT2D eigenvalue weighted by Crippen LogP contribution is 2.31. The number of halogens is 1. The molecule has 3 heterocycles. The molecular weight excluding hydrogens is 468 g/mol. The van der Waals surface area contributed by atoms with Crippen LogP contribution >= 0.6 is 23.4 Å². The van der Waals surface area contributed by atoms with Crippen molar-refractivity contribution < 1.29 is 4.79 Å². The van der Waals surface area contributed by atoms with Crippen molar-refractivity contribution in [3.8, 4) is 0 Å². The second kappa shape index (κ2) is 10.3. The average Bonchev–Trinajstić information content (AvgIpc) is 3.39. The molecule has 176 valence electrons. The number of aliphatic imine (C=N–C) groups is 1. The van der Waals surface area contributed by atoms with Gasteiger partial charge in [-0.1, -0.05) is 29.8 Å². The maximum atomic E-state index is 12.5. The van der Waals surface area contributed by atoms with Crippen LogP contribution in [0.5, 0.6) is 0 Å². The Bertz CT molecular complexity index is 1260. The molecule has 2 aliphatic heterocycles. The van der Waals surface area contributed by atoms with Gasteiger partial charge < -0.3 is 19.7 Å². The van der Waals surface area contributed by atoms with Gasteiger partial charge in [0.15, 0.2) is 5.17 Å². The van der Waals surface area contributed by atoms with Crippen molar-refractivity contribution >= 4 is 57.2 Å². The van der Waals surface area contributed by atoms with Gasteiger partial charge in [0.25, 0.3) is 5.91 Å². The van der Waals surface area contributed by atoms with Gasteiger partial charge in [0.1, 0.15) is 0 Å². The number of amidine groups is 1. The maximum absolute atomic E-state index is 12.5. The molecule has 1 aromatic heterocycles. The van der Waals surface area contributed by atoms with Gasteiger partial charge in [-0.15, -0.1) is 0 Å². The summed E-state index contributed by atoms with van der Waals surface area (Å²) in [6.45, 7) is 6.58. The standard InChI is InChI=1S/C25H27ClN6OS/c1-30-11-13-31(14-12-30)9-4-10-32-17-27-21-8-7-18(15-22(21)32)16-23-24(33)29-25(34-23)28-20-6-3-2-5-19(20)26/h2-3,5-8,15-17H,4,9-14H2,1H3,(H,28,29,33)/b23-16-. The van der Waals surface area contributed by atoms with E-state index in [0.717, 1.165) is 68.0 Å². The summed E-state index contributed by atoms with van der Waals surface area (Å²) in [7, 11) is 2.18. The van der Waals surface area contributed by atoms with Crippen LogP contribution in [0.4, 0.5) is 5.69 Å². The lowest BCUT2D eigenvalue weighted by Gasteiger charge is -2.32. The molecule has 0 unspecified atom stereocenters. The van der Waals surface area contributed by atoms with Crippen molar-refractivity contribution in [3.63, 3.8) is 0 Å². The van der Waals surface area contributed by atoms with Crippen LogP contribution in [-0.4, -0.2) is 70.2 Å². The third-order valence-electron chi connectivity index (χ3n) is 6.15. The Morgan fingerprint density at radius 1 is 1.12 bits per heavy atom. The molecule has 2 aromatic carbocycles. The van der Waals surface area contributed by atoms with Crippen molar-refractivity contribution in [3.05, 3.63) is 64.3 Å². The molecule has 0 spiro atoms. The van der Waals surface area contributed by atoms with E-state index in [9.17, 15) is 4.79 Å². The Morgan fingerprint density at radius 3 is 2.76 bits per heavy atom. The van der Waals surface area contributed by atoms with Gasteiger partial charge in [-0.2, -0.15) is 4.99 Å². The summed E-state index contributed by atoms with van der Waals surface area (Å²) in [6, 6.07) is 13.5. The van der Waals surface area contributed by atoms with Crippen molar-refractivity contribution in [2.75, 3.05) is 45.1 Å². The molecule has 3 aromatic rings. The number of hydrogen-bond acceptors (Lipinski definition) is 6. The van der Waals surface area contributed by atoms with Crippen LogP contribution in [0.15, 0.2) is 58.7 Å². The summed E-state index contributed by atoms with van der Waals surface area (Å²) < 4.78 is 2.21. The van der Waals surface area contributed by atoms with Crippen LogP contribution in [0.2, 0.25) is 5.02 Å². The van der Waals surface area contributed by atoms with Gasteiger partial charge in [-0.3, -0.25) is 4.79 Å². The molecule has 0 atom stereocenters. The van der Waals surface area contributed by atoms with E-state index in [1.807, 2.05) is 42.7 Å². The van der Waals surface area contributed by atoms with E-state index in [0.29, 0.717) is 15.1 Å². The lowest BCUT2D eigenvalue weighted by molar-refractivity contribution is -0.113. The number of likely N-dealkylation sites (N-methyl/N-ethyl adjacent to an activating group) is 1. The number of amides is 1. The number of aryl methyl sites for hydroxylation is 1. The number of imidazole rings is 1. The van der Waals surface area contributed by atoms with Crippen LogP contribution in [0.1, 0.15) is 12.0 Å². The fourth-order valence-corrected chi connectivity index (χ4v) is 5.18. The quantitative estimate of drug-likeness (QED) is 0.512. The van der Waals surface area contributed by atoms with Gasteiger partial charge in [0.05, 0.1) is 33.0 Å². The van der Waals surface area contributed by atoms with Crippen molar-refractivity contribution in [2.24, 2.45) is 4.99 Å². The first-order chi connectivity index (χ1) is 16.5. The number of rotatable bonds is 6. The zero-order valence-electron chi connectivity index (χ0n) is 19.1. The highest BCUT2D eigenvalue weighted by Gasteiger charge is 2.22. The summed E-state index contributed by atoms with van der Waals surface area (Å²) in [4.78, 5) is 26.7. The maximum Gasteiger partial charge on any atom is 0.286 e. The molecule has 34 heavy (non-hydrogen) atoms. The molecule has 0 radical (unpaired) electrons. The summed E-state index contributed by atoms with van der Waals surface area (Å²) in [5.74, 6) is -0.250. The monoisotopic (exact) mass is 494 g/mol. The van der Waals surface area contributed by atoms with Gasteiger partial charge in [-0.25, -0.2) is 4.98 Å². The minimum Gasteiger partial charge on any atom is -0.333 e. The third kappa shape index (κ3) is 5.36. The van der Waals surface area contributed by atoms with E-state index in [1.165, 1.54) is 11.8 Å². The average molecular weight is 495 g/mol. The first-order valence-corrected chi connectivity index (χ1v) is 12.6. The first-order valence-electron chi connectivity index (χ1n) is 11.4. The minimum atomic E-state index is -0.250. The van der Waals surface area contributed by atoms with E-state index >= 15 is 0 Å². The number of para-hydroxylation sites is 1. The smallest absolute Gasteiger partial charge is 0.286 e. The zero-order chi connectivity index (χ0) is 23.5. The van der Waals surface area contributed by atoms with E-state index < -0.39 is 0 Å². The molecule has 9 heteroatoms. The largest absolute Gasteiger partial charge is 0.333 e. The van der Waals surface area contributed by atoms with Crippen molar-refractivity contribution in [1.82, 2.24) is 19.4 Å². The second-order valence-corrected chi connectivity index (χ2v) is 10.1. The molecule has 1 saturated heterocycles. The topological polar surface area (TPSA) is 65.8 Å². The number of carbonyl (C=O) groups excluding carboxylic acids is 1. The van der Waals surface area contributed by atoms with Gasteiger partial charge in [-0.05, 0) is 67.7 Å². The number of aromatic nitrogens is 2. The van der Waals surface area contributed by atoms with Crippen LogP contribution in [0.25, 0.3) is 17.1 Å². The third-order valence-corrected chi connectivity index (χ3v) is 7.38. The fourth-order valence-electron chi connectivity index (χ4n) is 4.17. The number of piperazine rings is 1. The lowest BCUT2D eigenvalue weighted by atomic mass is 10.2. The molecule has 0 saturated carbocycles. The predicted molar refractivity (Wildman–Crippen MR) is 141 cm³/mol. The number of nitrogens with zero attached hydrogens (tertiary/aromatic N) is 5. The first kappa shape index (κ1) is 23.1. The fraction of sp³-hybridized carbons (Fsp3) is 0.320. The molecule has 1 fully saturated rings. The normalized spacial score (nSPS) is 18.7. The van der Waals surface area contributed by atoms with Crippen molar-refractivity contribution in [1.29, 1.82) is 0 Å². The Kier molecular flexibility index (Phi) is 7.01. The molecule has 1 N–H and O–H groups in total. The van der Waals surface area contributed by atoms with E-state index in [1.54, 1.807) is 6.07 Å². The summed E-state index contributed by atoms with van der Waals surface area (Å²) in [6.07, 6.45) is 4.88. The molecule has 7 nitrogen and oxygen atoms in total. The molecule has 1 amide bonds. The van der Waals surface area contributed by atoms with Crippen LogP contribution in [-0.2, 0) is 11.3 Å². The van der Waals surface area contributed by atoms with Crippen LogP contribution in [0.3, 0.4) is 0 Å². The number of benzene rings is 2. The molecular formula is C25H27ClN6OS. The Morgan fingerprint density at radius 2 is 1.94 bits per heavy atom. The predicted octanol–water partition coefficient (Wildman–Crippen LogP) is 4.41. The number of fused-ring (bicyclic) bond motifs is 1. The number of hydrogen-bond donors (Lipinski definition) is 1. The number of nitrogens with one attached hydrogen (secondary N) is 1. The number of carbonyl (C=O) groups is 1. The Labute approximate surface area is 208 Å². The summed E-state index contributed by atoms with van der Waals surface area (Å²) >= 11 is 7.53. The Balaban J connectivity index is 1.24. The van der Waals surface area contributed by atoms with E-state index in [4.69, 9.17) is 11.6 Å². The van der Waals surface area contributed by atoms with Gasteiger partial charge in [0.2, 0.25) is 0 Å². The van der Waals surface area contributed by atoms with Gasteiger partial charge >= 0.3 is 0 Å². The summed E-state index contributed by atoms with van der Waals surface area (Å²) in [5.41, 5.74) is 3.73. The zero-order valence-corrected chi connectivity index (χ0v) is 20.6. The number of anilines is 1. The van der Waals surface area contributed by atoms with Gasteiger partial charge in [0, 0.05) is 32.7 Å². The highest BCUT2D eigenvalue weighted by molar-refractivity contribution is 8.18. The highest BCUT2D eigenvalue weighted by atomic mass is 35.5. The molecule has 5 rings (SSSR count). The molecule has 2 aliphatic rings. The van der Waals surface area contributed by atoms with E-state index in [-0.39, 0.29) is 5.91 Å². The number of thioether (sulfide) groups is 1. The minimum absolute atomic E-state index is 0.250.